The number of piperazine rings is 1. The van der Waals surface area contributed by atoms with Gasteiger partial charge in [-0.1, -0.05) is 11.6 Å². The fraction of sp³-hybridized carbons (Fsp3) is 0.350. The van der Waals surface area contributed by atoms with E-state index < -0.39 is 4.92 Å². The van der Waals surface area contributed by atoms with Crippen LogP contribution in [0, 0.1) is 10.1 Å². The summed E-state index contributed by atoms with van der Waals surface area (Å²) in [5, 5.41) is 11.7. The van der Waals surface area contributed by atoms with Gasteiger partial charge in [-0.05, 0) is 24.3 Å². The molecule has 1 aliphatic heterocycles. The average molecular weight is 436 g/mol. The Morgan fingerprint density at radius 2 is 1.60 bits per heavy atom. The van der Waals surface area contributed by atoms with Crippen molar-refractivity contribution >= 4 is 28.9 Å². The molecule has 30 heavy (non-hydrogen) atoms. The van der Waals surface area contributed by atoms with Crippen LogP contribution in [-0.4, -0.2) is 63.2 Å². The monoisotopic (exact) mass is 435 g/mol. The molecule has 0 spiro atoms. The highest BCUT2D eigenvalue weighted by Gasteiger charge is 2.27. The van der Waals surface area contributed by atoms with Crippen LogP contribution in [0.5, 0.6) is 17.2 Å². The zero-order chi connectivity index (χ0) is 21.8. The molecule has 0 N–H and O–H groups in total. The van der Waals surface area contributed by atoms with E-state index in [0.717, 1.165) is 0 Å². The lowest BCUT2D eigenvalue weighted by molar-refractivity contribution is -0.384. The molecule has 9 nitrogen and oxygen atoms in total. The van der Waals surface area contributed by atoms with E-state index in [-0.39, 0.29) is 11.6 Å². The van der Waals surface area contributed by atoms with Crippen LogP contribution < -0.4 is 19.1 Å². The summed E-state index contributed by atoms with van der Waals surface area (Å²) in [7, 11) is 4.48. The molecule has 0 unspecified atom stereocenters. The largest absolute Gasteiger partial charge is 0.493 e. The Kier molecular flexibility index (Phi) is 6.51. The molecule has 0 radical (unpaired) electrons. The second-order valence-corrected chi connectivity index (χ2v) is 7.02. The predicted molar refractivity (Wildman–Crippen MR) is 112 cm³/mol. The zero-order valence-corrected chi connectivity index (χ0v) is 17.6. The SMILES string of the molecule is COc1cc(C(=O)N2CCN(c3ccc(Cl)cc3[N+](=O)[O-])CC2)cc(OC)c1OC. The van der Waals surface area contributed by atoms with Gasteiger partial charge in [0.25, 0.3) is 11.6 Å². The number of anilines is 1. The number of benzene rings is 2. The maximum Gasteiger partial charge on any atom is 0.294 e. The van der Waals surface area contributed by atoms with E-state index in [1.165, 1.54) is 27.4 Å². The molecule has 160 valence electrons. The highest BCUT2D eigenvalue weighted by atomic mass is 35.5. The van der Waals surface area contributed by atoms with Crippen LogP contribution in [-0.2, 0) is 0 Å². The topological polar surface area (TPSA) is 94.4 Å². The summed E-state index contributed by atoms with van der Waals surface area (Å²) in [5.74, 6) is 1.03. The lowest BCUT2D eigenvalue weighted by Crippen LogP contribution is -2.49. The van der Waals surface area contributed by atoms with Crippen LogP contribution in [0.25, 0.3) is 0 Å². The Labute approximate surface area is 178 Å². The van der Waals surface area contributed by atoms with E-state index in [1.807, 2.05) is 4.90 Å². The third-order valence-corrected chi connectivity index (χ3v) is 5.19. The van der Waals surface area contributed by atoms with E-state index in [1.54, 1.807) is 29.2 Å². The van der Waals surface area contributed by atoms with Gasteiger partial charge in [0.05, 0.1) is 26.3 Å². The summed E-state index contributed by atoms with van der Waals surface area (Å²) in [6.07, 6.45) is 0. The highest BCUT2D eigenvalue weighted by Crippen LogP contribution is 2.38. The number of carbonyl (C=O) groups excluding carboxylic acids is 1. The van der Waals surface area contributed by atoms with Gasteiger partial charge in [0.1, 0.15) is 5.69 Å². The van der Waals surface area contributed by atoms with Crippen molar-refractivity contribution in [2.75, 3.05) is 52.4 Å². The minimum atomic E-state index is -0.450. The normalized spacial score (nSPS) is 13.7. The molecule has 0 aromatic heterocycles. The number of nitrogens with zero attached hydrogens (tertiary/aromatic N) is 3. The lowest BCUT2D eigenvalue weighted by atomic mass is 10.1. The van der Waals surface area contributed by atoms with Crippen molar-refractivity contribution in [1.82, 2.24) is 4.90 Å². The van der Waals surface area contributed by atoms with Crippen molar-refractivity contribution < 1.29 is 23.9 Å². The molecule has 3 rings (SSSR count). The lowest BCUT2D eigenvalue weighted by Gasteiger charge is -2.36. The quantitative estimate of drug-likeness (QED) is 0.507. The fourth-order valence-corrected chi connectivity index (χ4v) is 3.61. The van der Waals surface area contributed by atoms with Crippen LogP contribution >= 0.6 is 11.6 Å². The van der Waals surface area contributed by atoms with Crippen LogP contribution in [0.2, 0.25) is 5.02 Å². The summed E-state index contributed by atoms with van der Waals surface area (Å²) in [6.45, 7) is 1.74. The molecular weight excluding hydrogens is 414 g/mol. The summed E-state index contributed by atoms with van der Waals surface area (Å²) in [6, 6.07) is 7.82. The maximum absolute atomic E-state index is 13.0. The van der Waals surface area contributed by atoms with Gasteiger partial charge in [-0.3, -0.25) is 14.9 Å². The van der Waals surface area contributed by atoms with Gasteiger partial charge < -0.3 is 24.0 Å². The molecule has 0 atom stereocenters. The molecule has 1 aliphatic rings. The molecule has 1 fully saturated rings. The van der Waals surface area contributed by atoms with Gasteiger partial charge >= 0.3 is 0 Å². The minimum Gasteiger partial charge on any atom is -0.493 e. The van der Waals surface area contributed by atoms with Crippen molar-refractivity contribution in [3.63, 3.8) is 0 Å². The van der Waals surface area contributed by atoms with E-state index >= 15 is 0 Å². The third-order valence-electron chi connectivity index (χ3n) is 4.95. The van der Waals surface area contributed by atoms with Crippen molar-refractivity contribution in [3.05, 3.63) is 51.0 Å². The van der Waals surface area contributed by atoms with Gasteiger partial charge in [-0.2, -0.15) is 0 Å². The number of amides is 1. The first-order valence-corrected chi connectivity index (χ1v) is 9.55. The van der Waals surface area contributed by atoms with E-state index in [2.05, 4.69) is 0 Å². The van der Waals surface area contributed by atoms with E-state index in [0.29, 0.717) is 59.7 Å². The summed E-state index contributed by atoms with van der Waals surface area (Å²) < 4.78 is 15.9. The number of carbonyl (C=O) groups is 1. The maximum atomic E-state index is 13.0. The minimum absolute atomic E-state index is 0.0492. The Hall–Kier alpha value is -3.20. The Balaban J connectivity index is 1.77. The first-order valence-electron chi connectivity index (χ1n) is 9.17. The molecule has 10 heteroatoms. The average Bonchev–Trinajstić information content (AvgIpc) is 2.77. The number of ether oxygens (including phenoxy) is 3. The smallest absolute Gasteiger partial charge is 0.294 e. The fourth-order valence-electron chi connectivity index (χ4n) is 3.45. The molecule has 1 heterocycles. The van der Waals surface area contributed by atoms with Gasteiger partial charge in [0, 0.05) is 42.8 Å². The van der Waals surface area contributed by atoms with Gasteiger partial charge in [0.15, 0.2) is 11.5 Å². The molecular formula is C20H22ClN3O6. The molecule has 2 aromatic carbocycles. The summed E-state index contributed by atoms with van der Waals surface area (Å²) >= 11 is 5.90. The number of nitro benzene ring substituents is 1. The van der Waals surface area contributed by atoms with E-state index in [9.17, 15) is 14.9 Å². The first-order chi connectivity index (χ1) is 14.4. The van der Waals surface area contributed by atoms with Gasteiger partial charge in [-0.15, -0.1) is 0 Å². The Morgan fingerprint density at radius 1 is 1.00 bits per heavy atom. The highest BCUT2D eigenvalue weighted by molar-refractivity contribution is 6.30. The molecule has 0 bridgehead atoms. The number of hydrogen-bond donors (Lipinski definition) is 0. The van der Waals surface area contributed by atoms with Crippen LogP contribution in [0.15, 0.2) is 30.3 Å². The molecule has 0 saturated carbocycles. The van der Waals surface area contributed by atoms with Gasteiger partial charge in [-0.25, -0.2) is 0 Å². The Bertz CT molecular complexity index is 935. The summed E-state index contributed by atoms with van der Waals surface area (Å²) in [4.78, 5) is 27.5. The molecule has 2 aromatic rings. The number of halogens is 1. The number of rotatable bonds is 6. The van der Waals surface area contributed by atoms with Crippen molar-refractivity contribution in [3.8, 4) is 17.2 Å². The third kappa shape index (κ3) is 4.20. The number of hydrogen-bond acceptors (Lipinski definition) is 7. The van der Waals surface area contributed by atoms with E-state index in [4.69, 9.17) is 25.8 Å². The van der Waals surface area contributed by atoms with Crippen molar-refractivity contribution in [2.24, 2.45) is 0 Å². The van der Waals surface area contributed by atoms with Crippen LogP contribution in [0.1, 0.15) is 10.4 Å². The second kappa shape index (κ2) is 9.08. The van der Waals surface area contributed by atoms with Crippen LogP contribution in [0.4, 0.5) is 11.4 Å². The van der Waals surface area contributed by atoms with Crippen molar-refractivity contribution in [2.45, 2.75) is 0 Å². The first kappa shape index (κ1) is 21.5. The molecule has 1 amide bonds. The van der Waals surface area contributed by atoms with Crippen LogP contribution in [0.3, 0.4) is 0 Å². The number of nitro groups is 1. The van der Waals surface area contributed by atoms with Gasteiger partial charge in [0.2, 0.25) is 5.75 Å². The standard InChI is InChI=1S/C20H22ClN3O6/c1-28-17-10-13(11-18(29-2)19(17)30-3)20(25)23-8-6-22(7-9-23)15-5-4-14(21)12-16(15)24(26)27/h4-5,10-12H,6-9H2,1-3H3. The van der Waals surface area contributed by atoms with Crippen molar-refractivity contribution in [1.29, 1.82) is 0 Å². The molecule has 1 saturated heterocycles. The number of methoxy groups -OCH3 is 3. The zero-order valence-electron chi connectivity index (χ0n) is 16.9. The Morgan fingerprint density at radius 3 is 2.10 bits per heavy atom. The summed E-state index contributed by atoms with van der Waals surface area (Å²) in [5.41, 5.74) is 0.853. The molecule has 0 aliphatic carbocycles. The second-order valence-electron chi connectivity index (χ2n) is 6.58. The predicted octanol–water partition coefficient (Wildman–Crippen LogP) is 3.24.